The highest BCUT2D eigenvalue weighted by Gasteiger charge is 2.27. The molecule has 0 fully saturated rings. The lowest BCUT2D eigenvalue weighted by Gasteiger charge is -2.09. The van der Waals surface area contributed by atoms with Gasteiger partial charge in [0, 0.05) is 24.7 Å². The van der Waals surface area contributed by atoms with Crippen LogP contribution in [0.25, 0.3) is 0 Å². The van der Waals surface area contributed by atoms with E-state index >= 15 is 0 Å². The first-order valence-electron chi connectivity index (χ1n) is 5.89. The van der Waals surface area contributed by atoms with Gasteiger partial charge in [-0.1, -0.05) is 12.1 Å². The van der Waals surface area contributed by atoms with Crippen LogP contribution >= 0.6 is 0 Å². The second-order valence-electron chi connectivity index (χ2n) is 4.16. The van der Waals surface area contributed by atoms with Crippen molar-refractivity contribution in [2.24, 2.45) is 0 Å². The molecule has 0 amide bonds. The van der Waals surface area contributed by atoms with E-state index in [2.05, 4.69) is 10.1 Å². The largest absolute Gasteiger partial charge is 0.411 e. The predicted molar refractivity (Wildman–Crippen MR) is 66.4 cm³/mol. The Bertz CT molecular complexity index is 464. The minimum atomic E-state index is -4.32. The average molecular weight is 292 g/mol. The van der Waals surface area contributed by atoms with Gasteiger partial charge in [-0.05, 0) is 12.5 Å². The van der Waals surface area contributed by atoms with Crippen LogP contribution in [0.5, 0.6) is 0 Å². The van der Waals surface area contributed by atoms with Gasteiger partial charge in [0.1, 0.15) is 6.61 Å². The lowest BCUT2D eigenvalue weighted by Crippen LogP contribution is -2.23. The number of nitrogens with zero attached hydrogens (tertiary/aromatic N) is 1. The van der Waals surface area contributed by atoms with Gasteiger partial charge in [-0.25, -0.2) is 0 Å². The maximum absolute atomic E-state index is 11.8. The third-order valence-corrected chi connectivity index (χ3v) is 2.62. The van der Waals surface area contributed by atoms with E-state index < -0.39 is 17.7 Å². The molecular formula is C12H15F3N2O3. The van der Waals surface area contributed by atoms with Crippen molar-refractivity contribution in [1.82, 2.24) is 5.32 Å². The molecule has 112 valence electrons. The van der Waals surface area contributed by atoms with Gasteiger partial charge >= 0.3 is 6.18 Å². The van der Waals surface area contributed by atoms with Crippen molar-refractivity contribution in [3.63, 3.8) is 0 Å². The van der Waals surface area contributed by atoms with Gasteiger partial charge in [0.2, 0.25) is 0 Å². The van der Waals surface area contributed by atoms with Crippen LogP contribution in [0.15, 0.2) is 18.2 Å². The first kappa shape index (κ1) is 16.4. The molecule has 1 N–H and O–H groups in total. The van der Waals surface area contributed by atoms with Gasteiger partial charge in [0.05, 0.1) is 11.5 Å². The third kappa shape index (κ3) is 5.54. The van der Waals surface area contributed by atoms with E-state index in [-0.39, 0.29) is 18.8 Å². The van der Waals surface area contributed by atoms with E-state index in [1.165, 1.54) is 6.07 Å². The summed E-state index contributed by atoms with van der Waals surface area (Å²) in [7, 11) is 0. The smallest absolute Gasteiger partial charge is 0.371 e. The molecule has 0 unspecified atom stereocenters. The second-order valence-corrected chi connectivity index (χ2v) is 4.16. The molecule has 0 spiro atoms. The Balaban J connectivity index is 2.36. The summed E-state index contributed by atoms with van der Waals surface area (Å²) in [5.74, 6) is 0. The molecule has 0 saturated heterocycles. The van der Waals surface area contributed by atoms with Gasteiger partial charge < -0.3 is 10.1 Å². The highest BCUT2D eigenvalue weighted by Crippen LogP contribution is 2.20. The highest BCUT2D eigenvalue weighted by atomic mass is 19.4. The predicted octanol–water partition coefficient (Wildman–Crippen LogP) is 2.57. The number of nitro benzene ring substituents is 1. The highest BCUT2D eigenvalue weighted by molar-refractivity contribution is 5.44. The number of alkyl halides is 3. The maximum Gasteiger partial charge on any atom is 0.411 e. The lowest BCUT2D eigenvalue weighted by atomic mass is 10.1. The fourth-order valence-electron chi connectivity index (χ4n) is 1.61. The van der Waals surface area contributed by atoms with Crippen molar-refractivity contribution in [3.8, 4) is 0 Å². The lowest BCUT2D eigenvalue weighted by molar-refractivity contribution is -0.385. The average Bonchev–Trinajstić information content (AvgIpc) is 2.33. The second kappa shape index (κ2) is 7.20. The number of benzene rings is 1. The quantitative estimate of drug-likeness (QED) is 0.476. The third-order valence-electron chi connectivity index (χ3n) is 2.62. The number of nitrogens with one attached hydrogen (secondary N) is 1. The zero-order chi connectivity index (χ0) is 15.2. The fourth-order valence-corrected chi connectivity index (χ4v) is 1.61. The van der Waals surface area contributed by atoms with E-state index in [0.29, 0.717) is 12.1 Å². The number of nitro groups is 1. The number of hydrogen-bond donors (Lipinski definition) is 1. The first-order chi connectivity index (χ1) is 9.31. The molecule has 1 aromatic rings. The summed E-state index contributed by atoms with van der Waals surface area (Å²) in [4.78, 5) is 10.3. The molecule has 0 heterocycles. The molecule has 0 atom stereocenters. The Labute approximate surface area is 113 Å². The number of hydrogen-bond acceptors (Lipinski definition) is 4. The molecular weight excluding hydrogens is 277 g/mol. The Morgan fingerprint density at radius 1 is 1.40 bits per heavy atom. The van der Waals surface area contributed by atoms with Crippen molar-refractivity contribution in [2.45, 2.75) is 19.6 Å². The fraction of sp³-hybridized carbons (Fsp3) is 0.500. The topological polar surface area (TPSA) is 64.4 Å². The van der Waals surface area contributed by atoms with E-state index in [0.717, 1.165) is 5.56 Å². The van der Waals surface area contributed by atoms with Crippen molar-refractivity contribution < 1.29 is 22.8 Å². The summed E-state index contributed by atoms with van der Waals surface area (Å²) in [6.45, 7) is 0.856. The molecule has 8 heteroatoms. The van der Waals surface area contributed by atoms with Gasteiger partial charge in [0.25, 0.3) is 5.69 Å². The normalized spacial score (nSPS) is 11.6. The summed E-state index contributed by atoms with van der Waals surface area (Å²) in [5.41, 5.74) is 1.30. The minimum absolute atomic E-state index is 0.0256. The van der Waals surface area contributed by atoms with Gasteiger partial charge in [-0.2, -0.15) is 13.2 Å². The van der Waals surface area contributed by atoms with Gasteiger partial charge in [-0.3, -0.25) is 10.1 Å². The maximum atomic E-state index is 11.8. The SMILES string of the molecule is Cc1c(CNCCOCC(F)(F)F)cccc1[N+](=O)[O-]. The van der Waals surface area contributed by atoms with Crippen LogP contribution in [0, 0.1) is 17.0 Å². The molecule has 20 heavy (non-hydrogen) atoms. The van der Waals surface area contributed by atoms with Gasteiger partial charge in [0.15, 0.2) is 0 Å². The van der Waals surface area contributed by atoms with Crippen LogP contribution in [0.4, 0.5) is 18.9 Å². The van der Waals surface area contributed by atoms with Crippen LogP contribution in [0.3, 0.4) is 0 Å². The molecule has 0 aliphatic heterocycles. The van der Waals surface area contributed by atoms with E-state index in [1.54, 1.807) is 19.1 Å². The number of ether oxygens (including phenoxy) is 1. The van der Waals surface area contributed by atoms with Crippen LogP contribution in [-0.2, 0) is 11.3 Å². The Hall–Kier alpha value is -1.67. The van der Waals surface area contributed by atoms with Crippen LogP contribution < -0.4 is 5.32 Å². The summed E-state index contributed by atoms with van der Waals surface area (Å²) in [6.07, 6.45) is -4.32. The molecule has 5 nitrogen and oxygen atoms in total. The first-order valence-corrected chi connectivity index (χ1v) is 5.89. The van der Waals surface area contributed by atoms with E-state index in [9.17, 15) is 23.3 Å². The molecule has 0 aliphatic rings. The standard InChI is InChI=1S/C12H15F3N2O3/c1-9-10(3-2-4-11(9)17(18)19)7-16-5-6-20-8-12(13,14)15/h2-4,16H,5-8H2,1H3. The molecule has 1 rings (SSSR count). The number of halogens is 3. The Morgan fingerprint density at radius 3 is 2.70 bits per heavy atom. The Morgan fingerprint density at radius 2 is 2.10 bits per heavy atom. The van der Waals surface area contributed by atoms with Gasteiger partial charge in [-0.15, -0.1) is 0 Å². The zero-order valence-electron chi connectivity index (χ0n) is 10.9. The minimum Gasteiger partial charge on any atom is -0.371 e. The van der Waals surface area contributed by atoms with Crippen LogP contribution in [0.1, 0.15) is 11.1 Å². The van der Waals surface area contributed by atoms with Crippen molar-refractivity contribution in [1.29, 1.82) is 0 Å². The summed E-state index contributed by atoms with van der Waals surface area (Å²) < 4.78 is 39.8. The molecule has 0 saturated carbocycles. The zero-order valence-corrected chi connectivity index (χ0v) is 10.9. The van der Waals surface area contributed by atoms with Crippen molar-refractivity contribution in [2.75, 3.05) is 19.8 Å². The molecule has 1 aromatic carbocycles. The summed E-state index contributed by atoms with van der Waals surface area (Å²) >= 11 is 0. The molecule has 0 bridgehead atoms. The van der Waals surface area contributed by atoms with Crippen molar-refractivity contribution >= 4 is 5.69 Å². The Kier molecular flexibility index (Phi) is 5.90. The van der Waals surface area contributed by atoms with Crippen molar-refractivity contribution in [3.05, 3.63) is 39.4 Å². The van der Waals surface area contributed by atoms with Crippen LogP contribution in [-0.4, -0.2) is 30.9 Å². The molecule has 0 radical (unpaired) electrons. The van der Waals surface area contributed by atoms with E-state index in [4.69, 9.17) is 0 Å². The molecule has 0 aliphatic carbocycles. The summed E-state index contributed by atoms with van der Waals surface area (Å²) in [5, 5.41) is 13.6. The van der Waals surface area contributed by atoms with Crippen LogP contribution in [0.2, 0.25) is 0 Å². The number of rotatable bonds is 7. The molecule has 0 aromatic heterocycles. The van der Waals surface area contributed by atoms with E-state index in [1.807, 2.05) is 0 Å². The summed E-state index contributed by atoms with van der Waals surface area (Å²) in [6, 6.07) is 4.71. The monoisotopic (exact) mass is 292 g/mol.